The average Bonchev–Trinajstić information content (AvgIpc) is 2.88. The zero-order chi connectivity index (χ0) is 19.8. The molecule has 0 bridgehead atoms. The van der Waals surface area contributed by atoms with Crippen LogP contribution in [0.3, 0.4) is 0 Å². The minimum absolute atomic E-state index is 0.0743. The topological polar surface area (TPSA) is 87.3 Å². The van der Waals surface area contributed by atoms with Gasteiger partial charge in [-0.2, -0.15) is 13.2 Å². The standard InChI is InChI=1S/C17H10F3N3O3S/c18-17(19,20)11-4-2-5-12(9-11)22-15(24)14(27-16(22)21)8-10-3-1-6-13(7-10)23(25)26/h1-9,21H/b14-8+,21-16?. The number of alkyl halides is 3. The van der Waals surface area contributed by atoms with E-state index in [1.165, 1.54) is 30.3 Å². The minimum atomic E-state index is -4.57. The van der Waals surface area contributed by atoms with Crippen LogP contribution in [0.15, 0.2) is 53.4 Å². The molecule has 1 fully saturated rings. The average molecular weight is 393 g/mol. The summed E-state index contributed by atoms with van der Waals surface area (Å²) in [5.41, 5.74) is -0.792. The summed E-state index contributed by atoms with van der Waals surface area (Å²) in [6.07, 6.45) is -3.21. The summed E-state index contributed by atoms with van der Waals surface area (Å²) in [5, 5.41) is 18.5. The number of thioether (sulfide) groups is 1. The number of nitrogens with zero attached hydrogens (tertiary/aromatic N) is 2. The van der Waals surface area contributed by atoms with Crippen LogP contribution in [0.25, 0.3) is 6.08 Å². The van der Waals surface area contributed by atoms with Gasteiger partial charge in [0.05, 0.1) is 21.1 Å². The number of carbonyl (C=O) groups excluding carboxylic acids is 1. The summed E-state index contributed by atoms with van der Waals surface area (Å²) >= 11 is 0.769. The van der Waals surface area contributed by atoms with E-state index in [0.717, 1.165) is 34.9 Å². The summed E-state index contributed by atoms with van der Waals surface area (Å²) in [6.45, 7) is 0. The second-order valence-electron chi connectivity index (χ2n) is 5.46. The fourth-order valence-electron chi connectivity index (χ4n) is 2.42. The second-order valence-corrected chi connectivity index (χ2v) is 6.49. The van der Waals surface area contributed by atoms with Crippen LogP contribution in [0.2, 0.25) is 0 Å². The fourth-order valence-corrected chi connectivity index (χ4v) is 3.28. The van der Waals surface area contributed by atoms with Gasteiger partial charge in [-0.15, -0.1) is 0 Å². The molecule has 2 aromatic rings. The maximum atomic E-state index is 12.9. The van der Waals surface area contributed by atoms with Gasteiger partial charge in [0.25, 0.3) is 11.6 Å². The zero-order valence-corrected chi connectivity index (χ0v) is 14.2. The molecule has 138 valence electrons. The Morgan fingerprint density at radius 2 is 1.85 bits per heavy atom. The third kappa shape index (κ3) is 3.85. The van der Waals surface area contributed by atoms with Crippen LogP contribution >= 0.6 is 11.8 Å². The molecule has 0 aliphatic carbocycles. The van der Waals surface area contributed by atoms with Crippen molar-refractivity contribution in [1.82, 2.24) is 0 Å². The van der Waals surface area contributed by atoms with Crippen LogP contribution < -0.4 is 4.90 Å². The highest BCUT2D eigenvalue weighted by Crippen LogP contribution is 2.38. The first-order valence-electron chi connectivity index (χ1n) is 7.41. The van der Waals surface area contributed by atoms with Gasteiger partial charge in [-0.3, -0.25) is 25.2 Å². The molecule has 6 nitrogen and oxygen atoms in total. The highest BCUT2D eigenvalue weighted by molar-refractivity contribution is 8.19. The lowest BCUT2D eigenvalue weighted by Gasteiger charge is -2.16. The number of non-ortho nitro benzene ring substituents is 1. The number of halogens is 3. The number of rotatable bonds is 3. The number of amides is 1. The first-order chi connectivity index (χ1) is 12.7. The Labute approximate surface area is 154 Å². The summed E-state index contributed by atoms with van der Waals surface area (Å²) in [6, 6.07) is 9.68. The van der Waals surface area contributed by atoms with Gasteiger partial charge < -0.3 is 0 Å². The molecule has 0 spiro atoms. The molecule has 1 aliphatic heterocycles. The van der Waals surface area contributed by atoms with Crippen molar-refractivity contribution in [2.75, 3.05) is 4.90 Å². The van der Waals surface area contributed by atoms with Gasteiger partial charge in [0.2, 0.25) is 0 Å². The van der Waals surface area contributed by atoms with E-state index in [9.17, 15) is 28.1 Å². The van der Waals surface area contributed by atoms with E-state index in [4.69, 9.17) is 5.41 Å². The molecule has 27 heavy (non-hydrogen) atoms. The van der Waals surface area contributed by atoms with Gasteiger partial charge in [-0.25, -0.2) is 0 Å². The lowest BCUT2D eigenvalue weighted by Crippen LogP contribution is -2.28. The van der Waals surface area contributed by atoms with Gasteiger partial charge in [0, 0.05) is 12.1 Å². The number of nitrogens with one attached hydrogen (secondary N) is 1. The monoisotopic (exact) mass is 393 g/mol. The van der Waals surface area contributed by atoms with E-state index in [2.05, 4.69) is 0 Å². The van der Waals surface area contributed by atoms with Crippen LogP contribution in [0, 0.1) is 15.5 Å². The van der Waals surface area contributed by atoms with Gasteiger partial charge in [-0.1, -0.05) is 18.2 Å². The first kappa shape index (κ1) is 18.6. The van der Waals surface area contributed by atoms with E-state index in [1.54, 1.807) is 6.07 Å². The Morgan fingerprint density at radius 3 is 2.52 bits per heavy atom. The van der Waals surface area contributed by atoms with Crippen LogP contribution in [-0.4, -0.2) is 16.0 Å². The molecule has 1 amide bonds. The van der Waals surface area contributed by atoms with Crippen LogP contribution in [-0.2, 0) is 11.0 Å². The van der Waals surface area contributed by atoms with Gasteiger partial charge >= 0.3 is 6.18 Å². The maximum absolute atomic E-state index is 12.9. The van der Waals surface area contributed by atoms with E-state index in [0.29, 0.717) is 5.56 Å². The van der Waals surface area contributed by atoms with Crippen LogP contribution in [0.5, 0.6) is 0 Å². The first-order valence-corrected chi connectivity index (χ1v) is 8.23. The maximum Gasteiger partial charge on any atom is 0.416 e. The Balaban J connectivity index is 1.94. The smallest absolute Gasteiger partial charge is 0.278 e. The third-order valence-electron chi connectivity index (χ3n) is 3.63. The Morgan fingerprint density at radius 1 is 1.15 bits per heavy atom. The molecule has 1 saturated heterocycles. The molecule has 0 unspecified atom stereocenters. The summed E-state index contributed by atoms with van der Waals surface area (Å²) < 4.78 is 38.7. The molecule has 10 heteroatoms. The van der Waals surface area contributed by atoms with Crippen molar-refractivity contribution < 1.29 is 22.9 Å². The molecule has 1 N–H and O–H groups in total. The Kier molecular flexibility index (Phi) is 4.75. The molecule has 1 heterocycles. The molecule has 0 saturated carbocycles. The quantitative estimate of drug-likeness (QED) is 0.466. The number of hydrogen-bond donors (Lipinski definition) is 1. The van der Waals surface area contributed by atoms with Gasteiger partial charge in [0.1, 0.15) is 0 Å². The highest BCUT2D eigenvalue weighted by atomic mass is 32.2. The van der Waals surface area contributed by atoms with E-state index in [1.807, 2.05) is 0 Å². The predicted molar refractivity (Wildman–Crippen MR) is 95.3 cm³/mol. The van der Waals surface area contributed by atoms with Crippen molar-refractivity contribution in [2.45, 2.75) is 6.18 Å². The van der Waals surface area contributed by atoms with Crippen LogP contribution in [0.1, 0.15) is 11.1 Å². The molecule has 2 aromatic carbocycles. The molecule has 0 aromatic heterocycles. The number of amidine groups is 1. The molecular formula is C17H10F3N3O3S. The fraction of sp³-hybridized carbons (Fsp3) is 0.0588. The number of anilines is 1. The molecule has 0 radical (unpaired) electrons. The third-order valence-corrected chi connectivity index (χ3v) is 4.52. The lowest BCUT2D eigenvalue weighted by molar-refractivity contribution is -0.384. The van der Waals surface area contributed by atoms with Gasteiger partial charge in [0.15, 0.2) is 5.17 Å². The van der Waals surface area contributed by atoms with E-state index >= 15 is 0 Å². The van der Waals surface area contributed by atoms with Crippen molar-refractivity contribution >= 4 is 40.3 Å². The summed E-state index contributed by atoms with van der Waals surface area (Å²) in [4.78, 5) is 23.8. The minimum Gasteiger partial charge on any atom is -0.278 e. The molecular weight excluding hydrogens is 383 g/mol. The highest BCUT2D eigenvalue weighted by Gasteiger charge is 2.36. The lowest BCUT2D eigenvalue weighted by atomic mass is 10.1. The van der Waals surface area contributed by atoms with Crippen LogP contribution in [0.4, 0.5) is 24.5 Å². The van der Waals surface area contributed by atoms with Crippen molar-refractivity contribution in [1.29, 1.82) is 5.41 Å². The Hall–Kier alpha value is -3.14. The van der Waals surface area contributed by atoms with E-state index < -0.39 is 22.6 Å². The van der Waals surface area contributed by atoms with Crippen molar-refractivity contribution in [2.24, 2.45) is 0 Å². The van der Waals surface area contributed by atoms with E-state index in [-0.39, 0.29) is 21.4 Å². The number of carbonyl (C=O) groups is 1. The molecule has 0 atom stereocenters. The predicted octanol–water partition coefficient (Wildman–Crippen LogP) is 4.67. The number of hydrogen-bond acceptors (Lipinski definition) is 5. The largest absolute Gasteiger partial charge is 0.416 e. The van der Waals surface area contributed by atoms with Crippen molar-refractivity contribution in [3.63, 3.8) is 0 Å². The SMILES string of the molecule is N=C1S/C(=C/c2cccc([N+](=O)[O-])c2)C(=O)N1c1cccc(C(F)(F)F)c1. The number of nitro groups is 1. The number of benzene rings is 2. The number of nitro benzene ring substituents is 1. The molecule has 3 rings (SSSR count). The van der Waals surface area contributed by atoms with Crippen molar-refractivity contribution in [3.05, 3.63) is 74.7 Å². The Bertz CT molecular complexity index is 989. The summed E-state index contributed by atoms with van der Waals surface area (Å²) in [7, 11) is 0. The molecule has 1 aliphatic rings. The normalized spacial score (nSPS) is 16.3. The van der Waals surface area contributed by atoms with Crippen molar-refractivity contribution in [3.8, 4) is 0 Å². The zero-order valence-electron chi connectivity index (χ0n) is 13.4. The van der Waals surface area contributed by atoms with Gasteiger partial charge in [-0.05, 0) is 41.6 Å². The summed E-state index contributed by atoms with van der Waals surface area (Å²) in [5.74, 6) is -0.671. The second kappa shape index (κ2) is 6.88.